The third-order valence-electron chi connectivity index (χ3n) is 4.54. The van der Waals surface area contributed by atoms with Crippen LogP contribution in [0.1, 0.15) is 32.0 Å². The number of hydrogen-bond donors (Lipinski definition) is 1. The maximum absolute atomic E-state index is 12.7. The smallest absolute Gasteiger partial charge is 0.253 e. The molecule has 0 atom stereocenters. The lowest BCUT2D eigenvalue weighted by molar-refractivity contribution is -0.109. The van der Waals surface area contributed by atoms with Crippen molar-refractivity contribution in [1.82, 2.24) is 20.5 Å². The lowest BCUT2D eigenvalue weighted by atomic mass is 9.89. The highest BCUT2D eigenvalue weighted by Gasteiger charge is 2.26. The van der Waals surface area contributed by atoms with Crippen LogP contribution in [-0.2, 0) is 16.8 Å². The first-order valence-electron chi connectivity index (χ1n) is 10.9. The molecule has 0 bridgehead atoms. The first-order valence-corrected chi connectivity index (χ1v) is 11.3. The fourth-order valence-electron chi connectivity index (χ4n) is 2.54. The lowest BCUT2D eigenvalue weighted by Crippen LogP contribution is -2.23. The number of ether oxygens (including phenoxy) is 3. The van der Waals surface area contributed by atoms with Crippen molar-refractivity contribution in [2.75, 3.05) is 27.3 Å². The number of methoxy groups -OCH3 is 1. The number of carbonyl (C=O) groups excluding carboxylic acids is 1. The van der Waals surface area contributed by atoms with E-state index in [9.17, 15) is 9.18 Å². The number of nitrogens with one attached hydrogen (secondary N) is 1. The van der Waals surface area contributed by atoms with Crippen LogP contribution in [0.25, 0.3) is 0 Å². The Bertz CT molecular complexity index is 1050. The Hall–Kier alpha value is -3.50. The molecule has 0 amide bonds. The SMILES string of the molecule is C=C.CNCCC(C)(C)c1nnc(COc2ccc(OC)nc2)o1.O=CCOc1ccc(Cl)c(F)c1. The minimum absolute atomic E-state index is 0.0356. The monoisotopic (exact) mass is 522 g/mol. The third kappa shape index (κ3) is 10.4. The molecule has 3 rings (SSSR count). The lowest BCUT2D eigenvalue weighted by Gasteiger charge is -2.19. The second kappa shape index (κ2) is 16.2. The quantitative estimate of drug-likeness (QED) is 0.280. The van der Waals surface area contributed by atoms with Crippen LogP contribution in [0, 0.1) is 5.82 Å². The summed E-state index contributed by atoms with van der Waals surface area (Å²) in [5, 5.41) is 11.3. The molecule has 2 aromatic heterocycles. The molecule has 1 N–H and O–H groups in total. The normalized spacial score (nSPS) is 10.3. The summed E-state index contributed by atoms with van der Waals surface area (Å²) in [5.74, 6) is 1.97. The maximum Gasteiger partial charge on any atom is 0.253 e. The van der Waals surface area contributed by atoms with Crippen molar-refractivity contribution in [3.05, 3.63) is 72.3 Å². The minimum atomic E-state index is -0.555. The topological polar surface area (TPSA) is 109 Å². The van der Waals surface area contributed by atoms with Gasteiger partial charge in [0.2, 0.25) is 11.8 Å². The summed E-state index contributed by atoms with van der Waals surface area (Å²) < 4.78 is 33.8. The van der Waals surface area contributed by atoms with E-state index in [1.807, 2.05) is 7.05 Å². The van der Waals surface area contributed by atoms with Crippen molar-refractivity contribution in [2.24, 2.45) is 0 Å². The van der Waals surface area contributed by atoms with E-state index in [1.165, 1.54) is 12.1 Å². The van der Waals surface area contributed by atoms with Gasteiger partial charge in [-0.15, -0.1) is 23.4 Å². The molecule has 1 aromatic carbocycles. The van der Waals surface area contributed by atoms with Crippen molar-refractivity contribution >= 4 is 17.9 Å². The van der Waals surface area contributed by atoms with Gasteiger partial charge in [-0.2, -0.15) is 0 Å². The molecule has 0 aliphatic rings. The Morgan fingerprint density at radius 1 is 1.17 bits per heavy atom. The number of halogens is 2. The number of rotatable bonds is 11. The Balaban J connectivity index is 0.000000391. The largest absolute Gasteiger partial charge is 0.486 e. The van der Waals surface area contributed by atoms with E-state index in [2.05, 4.69) is 47.5 Å². The van der Waals surface area contributed by atoms with Crippen molar-refractivity contribution < 1.29 is 27.8 Å². The molecule has 0 unspecified atom stereocenters. The highest BCUT2D eigenvalue weighted by atomic mass is 35.5. The van der Waals surface area contributed by atoms with Gasteiger partial charge in [0.15, 0.2) is 12.9 Å². The van der Waals surface area contributed by atoms with Crippen LogP contribution in [0.2, 0.25) is 5.02 Å². The number of benzene rings is 1. The van der Waals surface area contributed by atoms with Gasteiger partial charge in [0.1, 0.15) is 23.9 Å². The summed E-state index contributed by atoms with van der Waals surface area (Å²) in [6.45, 7) is 11.2. The van der Waals surface area contributed by atoms with Crippen molar-refractivity contribution in [3.63, 3.8) is 0 Å². The summed E-state index contributed by atoms with van der Waals surface area (Å²) in [6.07, 6.45) is 3.09. The van der Waals surface area contributed by atoms with Gasteiger partial charge in [-0.3, -0.25) is 4.79 Å². The van der Waals surface area contributed by atoms with Gasteiger partial charge in [-0.05, 0) is 38.2 Å². The Morgan fingerprint density at radius 2 is 1.89 bits per heavy atom. The zero-order valence-electron chi connectivity index (χ0n) is 20.9. The first kappa shape index (κ1) is 30.5. The Morgan fingerprint density at radius 3 is 2.47 bits per heavy atom. The Kier molecular flexibility index (Phi) is 13.8. The summed E-state index contributed by atoms with van der Waals surface area (Å²) in [4.78, 5) is 14.0. The van der Waals surface area contributed by atoms with E-state index in [4.69, 9.17) is 30.2 Å². The molecule has 0 aliphatic carbocycles. The van der Waals surface area contributed by atoms with Crippen LogP contribution in [-0.4, -0.2) is 48.8 Å². The standard InChI is InChI=1S/C15H22N4O3.C8H6ClFO2.C2H4/c1-15(2,7-8-16-3)14-19-18-13(22-14)10-21-11-5-6-12(20-4)17-9-11;9-7-2-1-6(5-8(7)10)12-4-3-11;1-2/h5-6,9,16H,7-8,10H2,1-4H3;1-3,5H,4H2;1-2H2. The van der Waals surface area contributed by atoms with Gasteiger partial charge in [0.25, 0.3) is 5.89 Å². The number of nitrogens with zero attached hydrogens (tertiary/aromatic N) is 3. The van der Waals surface area contributed by atoms with Crippen molar-refractivity contribution in [1.29, 1.82) is 0 Å². The first-order chi connectivity index (χ1) is 17.3. The van der Waals surface area contributed by atoms with Gasteiger partial charge >= 0.3 is 0 Å². The summed E-state index contributed by atoms with van der Waals surface area (Å²) >= 11 is 5.41. The summed E-state index contributed by atoms with van der Waals surface area (Å²) in [7, 11) is 3.49. The van der Waals surface area contributed by atoms with Crippen LogP contribution in [0.3, 0.4) is 0 Å². The fourth-order valence-corrected chi connectivity index (χ4v) is 2.66. The molecule has 0 saturated heterocycles. The van der Waals surface area contributed by atoms with Crippen LogP contribution in [0.5, 0.6) is 17.4 Å². The van der Waals surface area contributed by atoms with Gasteiger partial charge < -0.3 is 23.9 Å². The molecule has 3 aromatic rings. The Labute approximate surface area is 215 Å². The molecule has 2 heterocycles. The number of pyridine rings is 1. The van der Waals surface area contributed by atoms with Crippen LogP contribution in [0.15, 0.2) is 54.1 Å². The number of hydrogen-bond acceptors (Lipinski definition) is 9. The average molecular weight is 523 g/mol. The molecule has 9 nitrogen and oxygen atoms in total. The molecule has 36 heavy (non-hydrogen) atoms. The molecule has 0 saturated carbocycles. The van der Waals surface area contributed by atoms with Crippen LogP contribution >= 0.6 is 11.6 Å². The second-order valence-electron chi connectivity index (χ2n) is 7.62. The van der Waals surface area contributed by atoms with Gasteiger partial charge in [-0.25, -0.2) is 9.37 Å². The zero-order chi connectivity index (χ0) is 27.0. The average Bonchev–Trinajstić information content (AvgIpc) is 3.39. The van der Waals surface area contributed by atoms with Crippen molar-refractivity contribution in [2.45, 2.75) is 32.3 Å². The third-order valence-corrected chi connectivity index (χ3v) is 4.84. The number of aldehydes is 1. The van der Waals surface area contributed by atoms with Gasteiger partial charge in [-0.1, -0.05) is 25.4 Å². The molecule has 0 radical (unpaired) electrons. The minimum Gasteiger partial charge on any atom is -0.486 e. The molecular formula is C25H32ClFN4O5. The maximum atomic E-state index is 12.7. The predicted molar refractivity (Wildman–Crippen MR) is 135 cm³/mol. The number of carbonyl (C=O) groups is 1. The predicted octanol–water partition coefficient (Wildman–Crippen LogP) is 4.80. The highest BCUT2D eigenvalue weighted by Crippen LogP contribution is 2.25. The van der Waals surface area contributed by atoms with E-state index in [-0.39, 0.29) is 23.7 Å². The van der Waals surface area contributed by atoms with E-state index < -0.39 is 5.82 Å². The molecule has 0 aliphatic heterocycles. The van der Waals surface area contributed by atoms with Crippen LogP contribution in [0.4, 0.5) is 4.39 Å². The summed E-state index contributed by atoms with van der Waals surface area (Å²) in [6, 6.07) is 7.51. The molecule has 196 valence electrons. The van der Waals surface area contributed by atoms with E-state index in [0.717, 1.165) is 19.0 Å². The van der Waals surface area contributed by atoms with Crippen molar-refractivity contribution in [3.8, 4) is 17.4 Å². The van der Waals surface area contributed by atoms with E-state index >= 15 is 0 Å². The molecular weight excluding hydrogens is 491 g/mol. The summed E-state index contributed by atoms with van der Waals surface area (Å²) in [5.41, 5.74) is -0.171. The molecule has 0 spiro atoms. The second-order valence-corrected chi connectivity index (χ2v) is 8.02. The number of aromatic nitrogens is 3. The van der Waals surface area contributed by atoms with Gasteiger partial charge in [0.05, 0.1) is 18.3 Å². The van der Waals surface area contributed by atoms with E-state index in [1.54, 1.807) is 25.4 Å². The van der Waals surface area contributed by atoms with E-state index in [0.29, 0.717) is 35.4 Å². The van der Waals surface area contributed by atoms with Crippen LogP contribution < -0.4 is 19.5 Å². The zero-order valence-corrected chi connectivity index (χ0v) is 21.7. The highest BCUT2D eigenvalue weighted by molar-refractivity contribution is 6.30. The van der Waals surface area contributed by atoms with Gasteiger partial charge in [0, 0.05) is 17.5 Å². The fraction of sp³-hybridized carbons (Fsp3) is 0.360. The molecule has 0 fully saturated rings. The molecule has 11 heteroatoms.